The number of esters is 2. The first-order valence-electron chi connectivity index (χ1n) is 7.13. The minimum absolute atomic E-state index is 0.304. The first kappa shape index (κ1) is 15.2. The molecule has 2 N–H and O–H groups in total. The molecular weight excluding hydrogens is 230 g/mol. The fourth-order valence-electron chi connectivity index (χ4n) is 2.44. The molecule has 0 aliphatic heterocycles. The van der Waals surface area contributed by atoms with E-state index in [4.69, 9.17) is 10.5 Å². The molecule has 0 spiro atoms. The van der Waals surface area contributed by atoms with E-state index in [2.05, 4.69) is 0 Å². The van der Waals surface area contributed by atoms with Crippen LogP contribution in [-0.4, -0.2) is 18.0 Å². The molecule has 0 aromatic rings. The van der Waals surface area contributed by atoms with Crippen molar-refractivity contribution in [2.45, 2.75) is 70.8 Å². The van der Waals surface area contributed by atoms with Crippen molar-refractivity contribution in [1.29, 1.82) is 0 Å². The molecule has 1 atom stereocenters. The number of rotatable bonds is 6. The van der Waals surface area contributed by atoms with E-state index >= 15 is 0 Å². The van der Waals surface area contributed by atoms with Gasteiger partial charge in [0.1, 0.15) is 6.04 Å². The molecule has 4 nitrogen and oxygen atoms in total. The molecule has 1 fully saturated rings. The summed E-state index contributed by atoms with van der Waals surface area (Å²) in [4.78, 5) is 22.9. The Balaban J connectivity index is 2.25. The molecular formula is C14H25NO3. The fraction of sp³-hybridized carbons (Fsp3) is 0.857. The minimum Gasteiger partial charge on any atom is -0.392 e. The summed E-state index contributed by atoms with van der Waals surface area (Å²) in [6, 6.07) is -0.640. The summed E-state index contributed by atoms with van der Waals surface area (Å²) in [7, 11) is 0. The van der Waals surface area contributed by atoms with Crippen LogP contribution < -0.4 is 5.73 Å². The molecule has 4 heteroatoms. The van der Waals surface area contributed by atoms with Crippen molar-refractivity contribution in [3.63, 3.8) is 0 Å². The molecule has 1 rings (SSSR count). The number of nitrogens with two attached hydrogens (primary N) is 1. The highest BCUT2D eigenvalue weighted by Crippen LogP contribution is 2.27. The number of ether oxygens (including phenoxy) is 1. The Morgan fingerprint density at radius 1 is 1.28 bits per heavy atom. The van der Waals surface area contributed by atoms with Gasteiger partial charge in [-0.05, 0) is 18.8 Å². The van der Waals surface area contributed by atoms with Crippen LogP contribution in [0.2, 0.25) is 0 Å². The summed E-state index contributed by atoms with van der Waals surface area (Å²) in [5.74, 6) is -0.477. The fourth-order valence-corrected chi connectivity index (χ4v) is 2.44. The molecule has 0 aromatic heterocycles. The maximum Gasteiger partial charge on any atom is 0.330 e. The van der Waals surface area contributed by atoms with E-state index in [1.807, 2.05) is 6.92 Å². The lowest BCUT2D eigenvalue weighted by Crippen LogP contribution is -2.36. The zero-order valence-electron chi connectivity index (χ0n) is 11.3. The minimum atomic E-state index is -0.640. The lowest BCUT2D eigenvalue weighted by atomic mass is 9.85. The number of carbonyl (C=O) groups is 2. The molecule has 0 unspecified atom stereocenters. The summed E-state index contributed by atoms with van der Waals surface area (Å²) >= 11 is 0. The van der Waals surface area contributed by atoms with E-state index in [0.29, 0.717) is 18.8 Å². The topological polar surface area (TPSA) is 69.4 Å². The lowest BCUT2D eigenvalue weighted by Gasteiger charge is -2.23. The molecule has 0 aromatic carbocycles. The largest absolute Gasteiger partial charge is 0.392 e. The average Bonchev–Trinajstić information content (AvgIpc) is 2.37. The quantitative estimate of drug-likeness (QED) is 0.585. The van der Waals surface area contributed by atoms with E-state index < -0.39 is 18.0 Å². The van der Waals surface area contributed by atoms with Crippen LogP contribution in [0.3, 0.4) is 0 Å². The second-order valence-electron chi connectivity index (χ2n) is 5.24. The van der Waals surface area contributed by atoms with Crippen molar-refractivity contribution in [1.82, 2.24) is 0 Å². The molecule has 0 heterocycles. The third-order valence-corrected chi connectivity index (χ3v) is 3.56. The van der Waals surface area contributed by atoms with Crippen molar-refractivity contribution < 1.29 is 14.3 Å². The van der Waals surface area contributed by atoms with Gasteiger partial charge in [-0.25, -0.2) is 4.79 Å². The predicted octanol–water partition coefficient (Wildman–Crippen LogP) is 2.54. The predicted molar refractivity (Wildman–Crippen MR) is 69.8 cm³/mol. The van der Waals surface area contributed by atoms with Gasteiger partial charge in [-0.15, -0.1) is 0 Å². The Hall–Kier alpha value is -0.900. The van der Waals surface area contributed by atoms with E-state index in [-0.39, 0.29) is 0 Å². The van der Waals surface area contributed by atoms with Gasteiger partial charge in [0.25, 0.3) is 0 Å². The van der Waals surface area contributed by atoms with Crippen molar-refractivity contribution in [3.05, 3.63) is 0 Å². The maximum atomic E-state index is 11.6. The molecule has 0 amide bonds. The van der Waals surface area contributed by atoms with E-state index in [1.54, 1.807) is 0 Å². The summed E-state index contributed by atoms with van der Waals surface area (Å²) in [6.45, 7) is 1.99. The molecule has 1 aliphatic rings. The summed E-state index contributed by atoms with van der Waals surface area (Å²) in [5.41, 5.74) is 5.80. The highest BCUT2D eigenvalue weighted by atomic mass is 16.6. The second kappa shape index (κ2) is 8.25. The van der Waals surface area contributed by atoms with E-state index in [9.17, 15) is 9.59 Å². The smallest absolute Gasteiger partial charge is 0.330 e. The van der Waals surface area contributed by atoms with Crippen LogP contribution in [0.5, 0.6) is 0 Å². The monoisotopic (exact) mass is 255 g/mol. The third kappa shape index (κ3) is 5.63. The van der Waals surface area contributed by atoms with Crippen molar-refractivity contribution >= 4 is 11.9 Å². The molecule has 0 bridgehead atoms. The number of unbranched alkanes of at least 4 members (excludes halogenated alkanes) is 1. The molecule has 1 aliphatic carbocycles. The van der Waals surface area contributed by atoms with Gasteiger partial charge in [-0.2, -0.15) is 0 Å². The van der Waals surface area contributed by atoms with Crippen LogP contribution in [0.1, 0.15) is 64.7 Å². The molecule has 18 heavy (non-hydrogen) atoms. The van der Waals surface area contributed by atoms with Gasteiger partial charge in [-0.3, -0.25) is 4.79 Å². The Bertz CT molecular complexity index is 272. The van der Waals surface area contributed by atoms with E-state index in [0.717, 1.165) is 25.7 Å². The zero-order valence-corrected chi connectivity index (χ0v) is 11.3. The SMILES string of the molecule is CCCCC(=O)OC(=O)[C@@H](N)CC1CCCCC1. The Labute approximate surface area is 109 Å². The third-order valence-electron chi connectivity index (χ3n) is 3.56. The maximum absolute atomic E-state index is 11.6. The van der Waals surface area contributed by atoms with Crippen molar-refractivity contribution in [2.24, 2.45) is 11.7 Å². The number of hydrogen-bond acceptors (Lipinski definition) is 4. The Kier molecular flexibility index (Phi) is 6.94. The Morgan fingerprint density at radius 3 is 2.56 bits per heavy atom. The summed E-state index contributed by atoms with van der Waals surface area (Å²) in [6.07, 6.45) is 8.64. The number of carbonyl (C=O) groups excluding carboxylic acids is 2. The van der Waals surface area contributed by atoms with Crippen molar-refractivity contribution in [3.8, 4) is 0 Å². The first-order chi connectivity index (χ1) is 8.63. The van der Waals surface area contributed by atoms with Gasteiger partial charge < -0.3 is 10.5 Å². The van der Waals surface area contributed by atoms with Crippen LogP contribution in [0, 0.1) is 5.92 Å². The molecule has 104 valence electrons. The van der Waals surface area contributed by atoms with Gasteiger partial charge in [0, 0.05) is 6.42 Å². The van der Waals surface area contributed by atoms with Gasteiger partial charge in [-0.1, -0.05) is 45.4 Å². The number of hydrogen-bond donors (Lipinski definition) is 1. The van der Waals surface area contributed by atoms with Gasteiger partial charge in [0.05, 0.1) is 0 Å². The Morgan fingerprint density at radius 2 is 1.94 bits per heavy atom. The van der Waals surface area contributed by atoms with Gasteiger partial charge in [0.15, 0.2) is 0 Å². The highest BCUT2D eigenvalue weighted by molar-refractivity contribution is 5.88. The van der Waals surface area contributed by atoms with Crippen LogP contribution in [0.15, 0.2) is 0 Å². The van der Waals surface area contributed by atoms with Crippen LogP contribution >= 0.6 is 0 Å². The molecule has 0 saturated heterocycles. The lowest BCUT2D eigenvalue weighted by molar-refractivity contribution is -0.161. The first-order valence-corrected chi connectivity index (χ1v) is 7.13. The second-order valence-corrected chi connectivity index (χ2v) is 5.24. The van der Waals surface area contributed by atoms with Gasteiger partial charge >= 0.3 is 11.9 Å². The molecule has 0 radical (unpaired) electrons. The highest BCUT2D eigenvalue weighted by Gasteiger charge is 2.23. The van der Waals surface area contributed by atoms with Crippen LogP contribution in [0.4, 0.5) is 0 Å². The van der Waals surface area contributed by atoms with Crippen LogP contribution in [0.25, 0.3) is 0 Å². The van der Waals surface area contributed by atoms with Crippen molar-refractivity contribution in [2.75, 3.05) is 0 Å². The van der Waals surface area contributed by atoms with E-state index in [1.165, 1.54) is 19.3 Å². The normalized spacial score (nSPS) is 18.3. The average molecular weight is 255 g/mol. The molecule has 1 saturated carbocycles. The summed E-state index contributed by atoms with van der Waals surface area (Å²) < 4.78 is 4.75. The summed E-state index contributed by atoms with van der Waals surface area (Å²) in [5, 5.41) is 0. The van der Waals surface area contributed by atoms with Gasteiger partial charge in [0.2, 0.25) is 0 Å². The zero-order chi connectivity index (χ0) is 13.4. The standard InChI is InChI=1S/C14H25NO3/c1-2-3-9-13(16)18-14(17)12(15)10-11-7-5-4-6-8-11/h11-12H,2-10,15H2,1H3/t12-/m0/s1. The van der Waals surface area contributed by atoms with Crippen LogP contribution in [-0.2, 0) is 14.3 Å².